The molecule has 0 N–H and O–H groups in total. The average molecular weight is 834 g/mol. The maximum absolute atomic E-state index is 7.50. The van der Waals surface area contributed by atoms with Gasteiger partial charge in [0.15, 0.2) is 0 Å². The molecule has 0 bridgehead atoms. The van der Waals surface area contributed by atoms with E-state index in [9.17, 15) is 0 Å². The van der Waals surface area contributed by atoms with Gasteiger partial charge in [0.05, 0.1) is 0 Å². The Labute approximate surface area is 330 Å². The average Bonchev–Trinajstić information content (AvgIpc) is 3.69. The van der Waals surface area contributed by atoms with Crippen LogP contribution in [0.25, 0.3) is 0 Å². The Bertz CT molecular complexity index is 1710. The molecule has 0 saturated heterocycles. The summed E-state index contributed by atoms with van der Waals surface area (Å²) < 4.78 is 18.0. The molecule has 8 rings (SSSR count). The molecule has 0 amide bonds. The number of hydrogen-bond acceptors (Lipinski definition) is 2. The van der Waals surface area contributed by atoms with Gasteiger partial charge in [-0.2, -0.15) is 0 Å². The zero-order valence-corrected chi connectivity index (χ0v) is 33.0. The van der Waals surface area contributed by atoms with Gasteiger partial charge in [-0.05, 0) is 59.8 Å². The zero-order valence-electron chi connectivity index (χ0n) is 28.7. The van der Waals surface area contributed by atoms with E-state index in [-0.39, 0.29) is 0 Å². The quantitative estimate of drug-likeness (QED) is 0.0697. The smallest absolute Gasteiger partial charge is 0.0134 e. The van der Waals surface area contributed by atoms with Crippen LogP contribution in [0.15, 0.2) is 212 Å². The maximum Gasteiger partial charge on any atom is -0.0134 e. The fourth-order valence-electron chi connectivity index (χ4n) is 5.35. The summed E-state index contributed by atoms with van der Waals surface area (Å²) in [6.45, 7) is 9.74. The summed E-state index contributed by atoms with van der Waals surface area (Å²) in [5.41, 5.74) is 0. The monoisotopic (exact) mass is 834 g/mol. The number of para-hydroxylation sites is 2. The van der Waals surface area contributed by atoms with Crippen molar-refractivity contribution in [1.82, 2.24) is 0 Å². The summed E-state index contributed by atoms with van der Waals surface area (Å²) in [5, 5.41) is 8.39. The van der Waals surface area contributed by atoms with Gasteiger partial charge in [-0.3, -0.25) is 0 Å². The summed E-state index contributed by atoms with van der Waals surface area (Å²) >= 11 is 1.82. The third-order valence-corrected chi connectivity index (χ3v) is 12.5. The van der Waals surface area contributed by atoms with Crippen LogP contribution in [0.2, 0.25) is 0 Å². The van der Waals surface area contributed by atoms with Crippen LogP contribution >= 0.6 is 25.5 Å². The van der Waals surface area contributed by atoms with Crippen LogP contribution in [0, 0.1) is 13.2 Å². The SMILES string of the molecule is [C-]#[O+].[CH-]=CB1Oc2ccccc2O1.[Cl][Ru+].c1ccc(P(c2ccccc2)c2ccccc2)cc1.c1ccc(P(c2ccccc2)c2ccccc2)cc1. The first-order chi connectivity index (χ1) is 26.3. The van der Waals surface area contributed by atoms with E-state index in [4.69, 9.17) is 20.5 Å². The van der Waals surface area contributed by atoms with Gasteiger partial charge in [0, 0.05) is 0 Å². The molecule has 7 aromatic carbocycles. The molecule has 0 unspecified atom stereocenters. The number of benzene rings is 7. The molecule has 0 saturated carbocycles. The Hall–Kier alpha value is -4.54. The van der Waals surface area contributed by atoms with E-state index in [1.54, 1.807) is 0 Å². The summed E-state index contributed by atoms with van der Waals surface area (Å²) in [7, 11) is 3.25. The van der Waals surface area contributed by atoms with Crippen LogP contribution in [-0.4, -0.2) is 7.12 Å². The van der Waals surface area contributed by atoms with E-state index in [0.717, 1.165) is 11.5 Å². The maximum atomic E-state index is 7.50. The second kappa shape index (κ2) is 23.9. The molecular formula is C45H36BClO3P2Ru. The van der Waals surface area contributed by atoms with Gasteiger partial charge >= 0.3 is 45.4 Å². The van der Waals surface area contributed by atoms with Crippen LogP contribution in [0.1, 0.15) is 0 Å². The fourth-order valence-corrected chi connectivity index (χ4v) is 9.97. The third-order valence-electron chi connectivity index (χ3n) is 7.58. The first kappa shape index (κ1) is 41.2. The van der Waals surface area contributed by atoms with Crippen molar-refractivity contribution in [1.29, 1.82) is 0 Å². The van der Waals surface area contributed by atoms with Crippen molar-refractivity contribution in [2.45, 2.75) is 0 Å². The van der Waals surface area contributed by atoms with Gasteiger partial charge in [0.25, 0.3) is 0 Å². The number of rotatable bonds is 7. The fraction of sp³-hybridized carbons (Fsp3) is 0. The van der Waals surface area contributed by atoms with Gasteiger partial charge in [0.2, 0.25) is 0 Å². The number of halogens is 1. The van der Waals surface area contributed by atoms with Crippen molar-refractivity contribution >= 4 is 64.5 Å². The van der Waals surface area contributed by atoms with Crippen molar-refractivity contribution in [3.8, 4) is 11.5 Å². The second-order valence-electron chi connectivity index (χ2n) is 10.9. The van der Waals surface area contributed by atoms with Gasteiger partial charge in [0.1, 0.15) is 11.5 Å². The van der Waals surface area contributed by atoms with Crippen molar-refractivity contribution in [3.05, 3.63) is 225 Å². The standard InChI is InChI=1S/2C18H15P.C8H6BO2.CO.ClH.Ru/c2*1-4-10-16(11-5-1)19(17-12-6-2-7-13-17)18-14-8-3-9-15-18;1-2-9-10-7-5-3-4-6-8(7)11-9;1-2;;/h2*1-15H;1-6H;;1H;/q;;-1;;;+2/p-1. The van der Waals surface area contributed by atoms with Crippen molar-refractivity contribution in [3.63, 3.8) is 0 Å². The molecule has 0 aliphatic carbocycles. The molecule has 1 aliphatic heterocycles. The van der Waals surface area contributed by atoms with Gasteiger partial charge < -0.3 is 15.9 Å². The van der Waals surface area contributed by atoms with Crippen LogP contribution in [0.5, 0.6) is 11.5 Å². The number of hydrogen-bond donors (Lipinski definition) is 0. The molecule has 0 atom stereocenters. The summed E-state index contributed by atoms with van der Waals surface area (Å²) in [4.78, 5) is 0. The molecule has 262 valence electrons. The number of fused-ring (bicyclic) bond motifs is 1. The van der Waals surface area contributed by atoms with E-state index < -0.39 is 23.0 Å². The van der Waals surface area contributed by atoms with Crippen molar-refractivity contribution < 1.29 is 31.3 Å². The topological polar surface area (TPSA) is 38.4 Å². The first-order valence-corrected chi connectivity index (χ1v) is 21.4. The van der Waals surface area contributed by atoms with Gasteiger partial charge in [-0.1, -0.05) is 194 Å². The minimum absolute atomic E-state index is 0.424. The Morgan fingerprint density at radius 1 is 0.415 bits per heavy atom. The van der Waals surface area contributed by atoms with Crippen molar-refractivity contribution in [2.24, 2.45) is 0 Å². The molecular weight excluding hydrogens is 798 g/mol. The predicted molar refractivity (Wildman–Crippen MR) is 222 cm³/mol. The van der Waals surface area contributed by atoms with E-state index in [1.807, 2.05) is 41.6 Å². The molecule has 7 aromatic rings. The van der Waals surface area contributed by atoms with E-state index >= 15 is 0 Å². The summed E-state index contributed by atoms with van der Waals surface area (Å²) in [6.07, 6.45) is 0. The predicted octanol–water partition coefficient (Wildman–Crippen LogP) is 9.01. The molecule has 53 heavy (non-hydrogen) atoms. The summed E-state index contributed by atoms with van der Waals surface area (Å²) in [6, 6.07) is 72.1. The van der Waals surface area contributed by atoms with E-state index in [0.29, 0.717) is 0 Å². The normalized spacial score (nSPS) is 10.5. The molecule has 0 radical (unpaired) electrons. The molecule has 0 fully saturated rings. The van der Waals surface area contributed by atoms with Gasteiger partial charge in [-0.25, -0.2) is 5.98 Å². The summed E-state index contributed by atoms with van der Waals surface area (Å²) in [5.74, 6) is 2.87. The van der Waals surface area contributed by atoms with Crippen molar-refractivity contribution in [2.75, 3.05) is 0 Å². The Morgan fingerprint density at radius 2 is 0.604 bits per heavy atom. The Kier molecular flexibility index (Phi) is 18.6. The third kappa shape index (κ3) is 12.5. The van der Waals surface area contributed by atoms with E-state index in [2.05, 4.69) is 198 Å². The van der Waals surface area contributed by atoms with Crippen LogP contribution in [0.4, 0.5) is 0 Å². The minimum Gasteiger partial charge on any atom is -0.0622 e. The molecule has 0 spiro atoms. The second-order valence-corrected chi connectivity index (χ2v) is 15.4. The molecule has 8 heteroatoms. The Morgan fingerprint density at radius 3 is 0.792 bits per heavy atom. The largest absolute Gasteiger partial charge is 0.0622 e. The van der Waals surface area contributed by atoms with E-state index in [1.165, 1.54) is 37.8 Å². The first-order valence-electron chi connectivity index (χ1n) is 16.5. The van der Waals surface area contributed by atoms with Crippen LogP contribution in [0.3, 0.4) is 0 Å². The van der Waals surface area contributed by atoms with Gasteiger partial charge in [-0.15, -0.1) is 0 Å². The molecule has 0 aromatic heterocycles. The molecule has 1 aliphatic rings. The zero-order chi connectivity index (χ0) is 37.5. The minimum atomic E-state index is -0.446. The van der Waals surface area contributed by atoms with Crippen LogP contribution in [-0.2, 0) is 22.0 Å². The Balaban J connectivity index is 0.000000175. The molecule has 3 nitrogen and oxygen atoms in total. The molecule has 1 heterocycles. The van der Waals surface area contributed by atoms with Crippen LogP contribution < -0.4 is 41.1 Å².